The summed E-state index contributed by atoms with van der Waals surface area (Å²) in [5, 5.41) is 3.95. The fourth-order valence-electron chi connectivity index (χ4n) is 2.63. The summed E-state index contributed by atoms with van der Waals surface area (Å²) < 4.78 is 0. The van der Waals surface area contributed by atoms with E-state index in [9.17, 15) is 4.79 Å². The summed E-state index contributed by atoms with van der Waals surface area (Å²) in [6.07, 6.45) is 4.01. The molecule has 0 saturated heterocycles. The van der Waals surface area contributed by atoms with Gasteiger partial charge in [-0.25, -0.2) is 0 Å². The van der Waals surface area contributed by atoms with Gasteiger partial charge in [0.2, 0.25) is 5.91 Å². The Bertz CT molecular complexity index is 446. The molecule has 3 atom stereocenters. The maximum Gasteiger partial charge on any atom is 0.223 e. The third-order valence-corrected chi connectivity index (χ3v) is 4.13. The lowest BCUT2D eigenvalue weighted by Crippen LogP contribution is -2.32. The molecule has 1 saturated carbocycles. The monoisotopic (exact) mass is 279 g/mol. The standard InChI is InChI=1S/C16H22ClNO/c1-3-6-11(4-2)16(19)18-15-10-14(15)12-7-5-8-13(17)9-12/h5,7-9,11,14-15H,3-4,6,10H2,1-2H3,(H,18,19)/t11?,14-,15+/m0/s1. The summed E-state index contributed by atoms with van der Waals surface area (Å²) in [6, 6.07) is 8.25. The predicted molar refractivity (Wildman–Crippen MR) is 79.4 cm³/mol. The van der Waals surface area contributed by atoms with E-state index in [4.69, 9.17) is 11.6 Å². The highest BCUT2D eigenvalue weighted by Gasteiger charge is 2.40. The van der Waals surface area contributed by atoms with Crippen LogP contribution in [0, 0.1) is 5.92 Å². The van der Waals surface area contributed by atoms with E-state index in [-0.39, 0.29) is 11.8 Å². The van der Waals surface area contributed by atoms with Crippen molar-refractivity contribution < 1.29 is 4.79 Å². The van der Waals surface area contributed by atoms with Crippen LogP contribution in [0.25, 0.3) is 0 Å². The molecular formula is C16H22ClNO. The maximum absolute atomic E-state index is 12.1. The van der Waals surface area contributed by atoms with Crippen LogP contribution >= 0.6 is 11.6 Å². The molecule has 0 spiro atoms. The van der Waals surface area contributed by atoms with E-state index in [1.54, 1.807) is 0 Å². The molecule has 3 heteroatoms. The summed E-state index contributed by atoms with van der Waals surface area (Å²) in [5.41, 5.74) is 1.24. The highest BCUT2D eigenvalue weighted by atomic mass is 35.5. The molecule has 0 aliphatic heterocycles. The Morgan fingerprint density at radius 3 is 2.89 bits per heavy atom. The van der Waals surface area contributed by atoms with E-state index < -0.39 is 0 Å². The van der Waals surface area contributed by atoms with Gasteiger partial charge in [0.1, 0.15) is 0 Å². The van der Waals surface area contributed by atoms with Gasteiger partial charge in [-0.15, -0.1) is 0 Å². The van der Waals surface area contributed by atoms with Gasteiger partial charge in [-0.05, 0) is 37.0 Å². The molecule has 104 valence electrons. The van der Waals surface area contributed by atoms with Crippen molar-refractivity contribution in [1.82, 2.24) is 5.32 Å². The molecule has 1 aliphatic rings. The quantitative estimate of drug-likeness (QED) is 0.833. The van der Waals surface area contributed by atoms with Gasteiger partial charge in [0, 0.05) is 22.9 Å². The predicted octanol–water partition coefficient (Wildman–Crippen LogP) is 4.14. The van der Waals surface area contributed by atoms with Crippen LogP contribution in [0.1, 0.15) is 51.0 Å². The summed E-state index contributed by atoms with van der Waals surface area (Å²) in [6.45, 7) is 4.21. The lowest BCUT2D eigenvalue weighted by Gasteiger charge is -2.14. The van der Waals surface area contributed by atoms with Gasteiger partial charge in [-0.1, -0.05) is 44.0 Å². The molecule has 1 aliphatic carbocycles. The molecule has 19 heavy (non-hydrogen) atoms. The minimum absolute atomic E-state index is 0.172. The van der Waals surface area contributed by atoms with Crippen molar-refractivity contribution in [2.45, 2.75) is 51.5 Å². The topological polar surface area (TPSA) is 29.1 Å². The Labute approximate surface area is 120 Å². The van der Waals surface area contributed by atoms with Crippen molar-refractivity contribution >= 4 is 17.5 Å². The largest absolute Gasteiger partial charge is 0.352 e. The number of amides is 1. The fourth-order valence-corrected chi connectivity index (χ4v) is 2.83. The Morgan fingerprint density at radius 1 is 1.47 bits per heavy atom. The minimum atomic E-state index is 0.172. The van der Waals surface area contributed by atoms with Crippen molar-refractivity contribution in [2.24, 2.45) is 5.92 Å². The number of carbonyl (C=O) groups excluding carboxylic acids is 1. The molecule has 2 nitrogen and oxygen atoms in total. The SMILES string of the molecule is CCCC(CC)C(=O)N[C@@H]1C[C@H]1c1cccc(Cl)c1. The number of rotatable bonds is 6. The number of halogens is 1. The van der Waals surface area contributed by atoms with Gasteiger partial charge in [0.05, 0.1) is 0 Å². The molecule has 1 fully saturated rings. The molecule has 1 unspecified atom stereocenters. The highest BCUT2D eigenvalue weighted by molar-refractivity contribution is 6.30. The molecule has 0 heterocycles. The number of carbonyl (C=O) groups is 1. The van der Waals surface area contributed by atoms with Gasteiger partial charge in [0.15, 0.2) is 0 Å². The van der Waals surface area contributed by atoms with Gasteiger partial charge in [-0.2, -0.15) is 0 Å². The van der Waals surface area contributed by atoms with Crippen molar-refractivity contribution in [3.63, 3.8) is 0 Å². The molecule has 0 radical (unpaired) electrons. The van der Waals surface area contributed by atoms with Gasteiger partial charge < -0.3 is 5.32 Å². The van der Waals surface area contributed by atoms with Gasteiger partial charge in [-0.3, -0.25) is 4.79 Å². The van der Waals surface area contributed by atoms with Crippen molar-refractivity contribution in [3.05, 3.63) is 34.9 Å². The summed E-state index contributed by atoms with van der Waals surface area (Å²) in [7, 11) is 0. The van der Waals surface area contributed by atoms with E-state index in [2.05, 4.69) is 25.2 Å². The molecule has 0 aromatic heterocycles. The second-order valence-electron chi connectivity index (χ2n) is 5.41. The minimum Gasteiger partial charge on any atom is -0.352 e. The van der Waals surface area contributed by atoms with Crippen molar-refractivity contribution in [1.29, 1.82) is 0 Å². The Balaban J connectivity index is 1.88. The molecule has 1 aromatic rings. The average Bonchev–Trinajstić information content (AvgIpc) is 3.15. The van der Waals surface area contributed by atoms with Crippen LogP contribution in [-0.4, -0.2) is 11.9 Å². The zero-order valence-corrected chi connectivity index (χ0v) is 12.4. The van der Waals surface area contributed by atoms with Crippen LogP contribution in [0.4, 0.5) is 0 Å². The Morgan fingerprint density at radius 2 is 2.26 bits per heavy atom. The first-order valence-electron chi connectivity index (χ1n) is 7.21. The first-order chi connectivity index (χ1) is 9.15. The fraction of sp³-hybridized carbons (Fsp3) is 0.562. The first-order valence-corrected chi connectivity index (χ1v) is 7.59. The van der Waals surface area contributed by atoms with Crippen molar-refractivity contribution in [2.75, 3.05) is 0 Å². The number of hydrogen-bond acceptors (Lipinski definition) is 1. The Hall–Kier alpha value is -1.02. The normalized spacial score (nSPS) is 22.9. The van der Waals surface area contributed by atoms with Crippen molar-refractivity contribution in [3.8, 4) is 0 Å². The molecular weight excluding hydrogens is 258 g/mol. The number of benzene rings is 1. The summed E-state index contributed by atoms with van der Waals surface area (Å²) in [4.78, 5) is 12.1. The van der Waals surface area contributed by atoms with Crippen LogP contribution in [0.5, 0.6) is 0 Å². The van der Waals surface area contributed by atoms with E-state index in [1.165, 1.54) is 5.56 Å². The van der Waals surface area contributed by atoms with E-state index in [0.717, 1.165) is 30.7 Å². The lowest BCUT2D eigenvalue weighted by atomic mass is 10.00. The zero-order chi connectivity index (χ0) is 13.8. The lowest BCUT2D eigenvalue weighted by molar-refractivity contribution is -0.125. The molecule has 1 amide bonds. The first kappa shape index (κ1) is 14.4. The second kappa shape index (κ2) is 6.42. The third-order valence-electron chi connectivity index (χ3n) is 3.90. The molecule has 1 aromatic carbocycles. The van der Waals surface area contributed by atoms with Crippen LogP contribution < -0.4 is 5.32 Å². The van der Waals surface area contributed by atoms with E-state index >= 15 is 0 Å². The zero-order valence-electron chi connectivity index (χ0n) is 11.7. The van der Waals surface area contributed by atoms with Gasteiger partial charge in [0.25, 0.3) is 0 Å². The molecule has 0 bridgehead atoms. The summed E-state index contributed by atoms with van der Waals surface area (Å²) >= 11 is 6.00. The Kier molecular flexibility index (Phi) is 4.87. The number of hydrogen-bond donors (Lipinski definition) is 1. The van der Waals surface area contributed by atoms with E-state index in [0.29, 0.717) is 12.0 Å². The summed E-state index contributed by atoms with van der Waals surface area (Å²) in [5.74, 6) is 0.839. The van der Waals surface area contributed by atoms with E-state index in [1.807, 2.05) is 18.2 Å². The highest BCUT2D eigenvalue weighted by Crippen LogP contribution is 2.41. The third kappa shape index (κ3) is 3.73. The van der Waals surface area contributed by atoms with Crippen LogP contribution in [0.3, 0.4) is 0 Å². The second-order valence-corrected chi connectivity index (χ2v) is 5.84. The van der Waals surface area contributed by atoms with Gasteiger partial charge >= 0.3 is 0 Å². The molecule has 2 rings (SSSR count). The van der Waals surface area contributed by atoms with Crippen LogP contribution in [0.2, 0.25) is 5.02 Å². The molecule has 1 N–H and O–H groups in total. The average molecular weight is 280 g/mol. The van der Waals surface area contributed by atoms with Crippen LogP contribution in [0.15, 0.2) is 24.3 Å². The van der Waals surface area contributed by atoms with Crippen LogP contribution in [-0.2, 0) is 4.79 Å². The number of nitrogens with one attached hydrogen (secondary N) is 1. The smallest absolute Gasteiger partial charge is 0.223 e. The maximum atomic E-state index is 12.1.